The lowest BCUT2D eigenvalue weighted by molar-refractivity contribution is -0.117. The van der Waals surface area contributed by atoms with Gasteiger partial charge in [-0.3, -0.25) is 9.59 Å². The smallest absolute Gasteiger partial charge is 0.423 e. The standard InChI is InChI=1S/C12H14BNO4S/c1-8(15)19-9-6-12(16)14(7-9)11-5-3-2-4-10(11)13(17)18/h2-5,9,17-18H,6-7H2,1H3. The number of carbonyl (C=O) groups excluding carboxylic acids is 2. The van der Waals surface area contributed by atoms with Gasteiger partial charge in [0.05, 0.1) is 0 Å². The summed E-state index contributed by atoms with van der Waals surface area (Å²) in [7, 11) is -1.62. The lowest BCUT2D eigenvalue weighted by Gasteiger charge is -2.20. The van der Waals surface area contributed by atoms with E-state index in [1.807, 2.05) is 0 Å². The molecule has 0 bridgehead atoms. The van der Waals surface area contributed by atoms with Crippen LogP contribution in [0.15, 0.2) is 24.3 Å². The first-order chi connectivity index (χ1) is 8.99. The molecule has 5 nitrogen and oxygen atoms in total. The van der Waals surface area contributed by atoms with Crippen molar-refractivity contribution >= 4 is 41.1 Å². The topological polar surface area (TPSA) is 77.8 Å². The third-order valence-corrected chi connectivity index (χ3v) is 3.91. The Hall–Kier alpha value is -1.31. The zero-order chi connectivity index (χ0) is 14.0. The van der Waals surface area contributed by atoms with E-state index in [2.05, 4.69) is 0 Å². The predicted molar refractivity (Wildman–Crippen MR) is 75.3 cm³/mol. The molecule has 1 aromatic carbocycles. The number of carbonyl (C=O) groups is 2. The van der Waals surface area contributed by atoms with Crippen LogP contribution in [-0.4, -0.2) is 40.0 Å². The summed E-state index contributed by atoms with van der Waals surface area (Å²) in [6.45, 7) is 1.88. The van der Waals surface area contributed by atoms with Crippen molar-refractivity contribution in [2.24, 2.45) is 0 Å². The summed E-state index contributed by atoms with van der Waals surface area (Å²) in [5.41, 5.74) is 0.790. The zero-order valence-corrected chi connectivity index (χ0v) is 11.3. The van der Waals surface area contributed by atoms with Crippen LogP contribution in [0.1, 0.15) is 13.3 Å². The normalized spacial score (nSPS) is 18.8. The molecule has 1 saturated heterocycles. The molecule has 1 amide bonds. The van der Waals surface area contributed by atoms with E-state index < -0.39 is 7.12 Å². The second kappa shape index (κ2) is 5.77. The van der Waals surface area contributed by atoms with E-state index in [-0.39, 0.29) is 16.3 Å². The van der Waals surface area contributed by atoms with Crippen LogP contribution >= 0.6 is 11.8 Å². The first-order valence-corrected chi connectivity index (χ1v) is 6.79. The van der Waals surface area contributed by atoms with Crippen molar-refractivity contribution in [2.45, 2.75) is 18.6 Å². The van der Waals surface area contributed by atoms with E-state index in [4.69, 9.17) is 0 Å². The van der Waals surface area contributed by atoms with Crippen molar-refractivity contribution in [3.8, 4) is 0 Å². The highest BCUT2D eigenvalue weighted by molar-refractivity contribution is 8.14. The fourth-order valence-electron chi connectivity index (χ4n) is 2.17. The van der Waals surface area contributed by atoms with Crippen LogP contribution in [0.5, 0.6) is 0 Å². The quantitative estimate of drug-likeness (QED) is 0.746. The lowest BCUT2D eigenvalue weighted by atomic mass is 9.79. The van der Waals surface area contributed by atoms with Crippen molar-refractivity contribution in [3.63, 3.8) is 0 Å². The molecule has 2 rings (SSSR count). The van der Waals surface area contributed by atoms with Crippen LogP contribution < -0.4 is 10.4 Å². The van der Waals surface area contributed by atoms with Gasteiger partial charge in [0, 0.05) is 36.3 Å². The number of thioether (sulfide) groups is 1. The van der Waals surface area contributed by atoms with Gasteiger partial charge in [-0.1, -0.05) is 30.0 Å². The van der Waals surface area contributed by atoms with Gasteiger partial charge in [-0.2, -0.15) is 0 Å². The van der Waals surface area contributed by atoms with Crippen LogP contribution in [0.25, 0.3) is 0 Å². The molecule has 0 spiro atoms. The van der Waals surface area contributed by atoms with Crippen molar-refractivity contribution in [1.29, 1.82) is 0 Å². The minimum Gasteiger partial charge on any atom is -0.423 e. The van der Waals surface area contributed by atoms with Crippen LogP contribution in [0, 0.1) is 0 Å². The summed E-state index contributed by atoms with van der Waals surface area (Å²) in [4.78, 5) is 24.6. The summed E-state index contributed by atoms with van der Waals surface area (Å²) in [5, 5.41) is 18.5. The highest BCUT2D eigenvalue weighted by atomic mass is 32.2. The molecule has 7 heteroatoms. The predicted octanol–water partition coefficient (Wildman–Crippen LogP) is -0.249. The van der Waals surface area contributed by atoms with Crippen LogP contribution in [-0.2, 0) is 9.59 Å². The molecule has 0 aliphatic carbocycles. The molecule has 0 aromatic heterocycles. The van der Waals surface area contributed by atoms with Crippen molar-refractivity contribution in [1.82, 2.24) is 0 Å². The number of amides is 1. The molecule has 19 heavy (non-hydrogen) atoms. The average Bonchev–Trinajstić information content (AvgIpc) is 2.69. The van der Waals surface area contributed by atoms with Crippen molar-refractivity contribution in [2.75, 3.05) is 11.4 Å². The number of hydrogen-bond acceptors (Lipinski definition) is 5. The van der Waals surface area contributed by atoms with Gasteiger partial charge in [-0.05, 0) is 6.07 Å². The maximum atomic E-state index is 12.0. The first-order valence-electron chi connectivity index (χ1n) is 5.91. The van der Waals surface area contributed by atoms with E-state index in [0.29, 0.717) is 24.1 Å². The number of para-hydroxylation sites is 1. The number of hydrogen-bond donors (Lipinski definition) is 2. The van der Waals surface area contributed by atoms with Gasteiger partial charge < -0.3 is 14.9 Å². The average molecular weight is 279 g/mol. The summed E-state index contributed by atoms with van der Waals surface area (Å²) in [6, 6.07) is 6.66. The molecule has 0 saturated carbocycles. The van der Waals surface area contributed by atoms with Crippen molar-refractivity contribution in [3.05, 3.63) is 24.3 Å². The fourth-order valence-corrected chi connectivity index (χ4v) is 3.09. The summed E-state index contributed by atoms with van der Waals surface area (Å²) < 4.78 is 0. The Kier molecular flexibility index (Phi) is 4.29. The van der Waals surface area contributed by atoms with E-state index in [1.54, 1.807) is 24.3 Å². The monoisotopic (exact) mass is 279 g/mol. The third kappa shape index (κ3) is 3.18. The second-order valence-electron chi connectivity index (χ2n) is 4.37. The molecule has 2 N–H and O–H groups in total. The Bertz CT molecular complexity index is 508. The molecular formula is C12H14BNO4S. The van der Waals surface area contributed by atoms with Gasteiger partial charge in [0.2, 0.25) is 5.91 Å². The van der Waals surface area contributed by atoms with Gasteiger partial charge in [-0.15, -0.1) is 0 Å². The third-order valence-electron chi connectivity index (χ3n) is 2.93. The van der Waals surface area contributed by atoms with E-state index in [0.717, 1.165) is 11.8 Å². The molecule has 1 atom stereocenters. The highest BCUT2D eigenvalue weighted by Crippen LogP contribution is 2.27. The minimum absolute atomic E-state index is 0.0184. The molecule has 1 aromatic rings. The molecule has 1 aliphatic heterocycles. The van der Waals surface area contributed by atoms with Crippen LogP contribution in [0.3, 0.4) is 0 Å². The molecule has 100 valence electrons. The number of anilines is 1. The highest BCUT2D eigenvalue weighted by Gasteiger charge is 2.34. The summed E-state index contributed by atoms with van der Waals surface area (Å²) in [6.07, 6.45) is 0.292. The Balaban J connectivity index is 2.23. The van der Waals surface area contributed by atoms with Crippen LogP contribution in [0.4, 0.5) is 5.69 Å². The van der Waals surface area contributed by atoms with Crippen molar-refractivity contribution < 1.29 is 19.6 Å². The Morgan fingerprint density at radius 1 is 1.42 bits per heavy atom. The van der Waals surface area contributed by atoms with E-state index >= 15 is 0 Å². The number of benzene rings is 1. The van der Waals surface area contributed by atoms with E-state index in [9.17, 15) is 19.6 Å². The largest absolute Gasteiger partial charge is 0.490 e. The van der Waals surface area contributed by atoms with E-state index in [1.165, 1.54) is 11.8 Å². The van der Waals surface area contributed by atoms with Gasteiger partial charge >= 0.3 is 7.12 Å². The van der Waals surface area contributed by atoms with Crippen LogP contribution in [0.2, 0.25) is 0 Å². The Labute approximate surface area is 115 Å². The number of rotatable bonds is 3. The maximum absolute atomic E-state index is 12.0. The van der Waals surface area contributed by atoms with Gasteiger partial charge in [0.1, 0.15) is 0 Å². The molecule has 1 fully saturated rings. The summed E-state index contributed by atoms with van der Waals surface area (Å²) >= 11 is 1.15. The lowest BCUT2D eigenvalue weighted by Crippen LogP contribution is -2.38. The Morgan fingerprint density at radius 2 is 2.11 bits per heavy atom. The fraction of sp³-hybridized carbons (Fsp3) is 0.333. The molecular weight excluding hydrogens is 265 g/mol. The van der Waals surface area contributed by atoms with Gasteiger partial charge in [0.15, 0.2) is 5.12 Å². The Morgan fingerprint density at radius 3 is 2.74 bits per heavy atom. The second-order valence-corrected chi connectivity index (χ2v) is 5.85. The molecule has 1 unspecified atom stereocenters. The SMILES string of the molecule is CC(=O)SC1CC(=O)N(c2ccccc2B(O)O)C1. The minimum atomic E-state index is -1.62. The maximum Gasteiger partial charge on any atom is 0.490 e. The van der Waals surface area contributed by atoms with Gasteiger partial charge in [-0.25, -0.2) is 0 Å². The van der Waals surface area contributed by atoms with Gasteiger partial charge in [0.25, 0.3) is 0 Å². The zero-order valence-electron chi connectivity index (χ0n) is 10.4. The molecule has 1 heterocycles. The molecule has 0 radical (unpaired) electrons. The summed E-state index contributed by atoms with van der Waals surface area (Å²) in [5.74, 6) is -0.105. The number of nitrogens with zero attached hydrogens (tertiary/aromatic N) is 1. The molecule has 1 aliphatic rings. The first kappa shape index (κ1) is 14.1.